The van der Waals surface area contributed by atoms with Crippen LogP contribution in [0, 0.1) is 56.2 Å². The first-order valence-corrected chi connectivity index (χ1v) is 20.7. The number of Topliss-reactive ketones (excluding diaryl/α,β-unsaturated/α-hetero) is 1. The predicted molar refractivity (Wildman–Crippen MR) is 209 cm³/mol. The van der Waals surface area contributed by atoms with Gasteiger partial charge in [0.25, 0.3) is 0 Å². The van der Waals surface area contributed by atoms with E-state index in [1.807, 2.05) is 24.3 Å². The maximum absolute atomic E-state index is 14.1. The lowest BCUT2D eigenvalue weighted by atomic mass is 9.33. The van der Waals surface area contributed by atoms with Crippen molar-refractivity contribution in [3.8, 4) is 0 Å². The number of fused-ring (bicyclic) bond motifs is 7. The number of halogens is 1. The van der Waals surface area contributed by atoms with Gasteiger partial charge in [-0.15, -0.1) is 0 Å². The summed E-state index contributed by atoms with van der Waals surface area (Å²) in [6.07, 6.45) is 7.21. The zero-order chi connectivity index (χ0) is 39.1. The highest BCUT2D eigenvalue weighted by Gasteiger charge is 2.70. The number of likely N-dealkylation sites (N-methyl/N-ethyl adjacent to an activating group) is 1. The number of ether oxygens (including phenoxy) is 1. The molecule has 1 aromatic rings. The van der Waals surface area contributed by atoms with Gasteiger partial charge in [0.15, 0.2) is 5.78 Å². The summed E-state index contributed by atoms with van der Waals surface area (Å²) in [5.41, 5.74) is 1.60. The summed E-state index contributed by atoms with van der Waals surface area (Å²) in [5, 5.41) is 22.7. The molecule has 1 unspecified atom stereocenters. The van der Waals surface area contributed by atoms with Crippen molar-refractivity contribution in [1.29, 1.82) is 0 Å². The van der Waals surface area contributed by atoms with Gasteiger partial charge in [-0.2, -0.15) is 0 Å². The Kier molecular flexibility index (Phi) is 10.5. The number of allylic oxidation sites excluding steroid dienone is 1. The minimum absolute atomic E-state index is 0.0156. The van der Waals surface area contributed by atoms with Gasteiger partial charge in [-0.25, -0.2) is 0 Å². The Bertz CT molecular complexity index is 1650. The Morgan fingerprint density at radius 2 is 1.60 bits per heavy atom. The largest absolute Gasteiger partial charge is 0.481 e. The SMILES string of the molecule is CC(C)C1=C2[C@H]3CC[C@@H]4[C@@]5(C)CC[C@H](OC(=O)CC(C)(C)C(=O)O)C(C)(C)C5CC[C@@]4(C)[C@]3(C)CC[C@@]2([C@H](O)CN(C)Cc2ccc(Cl)cc2)CC1=O. The second kappa shape index (κ2) is 13.8. The Balaban J connectivity index is 1.27. The Labute approximate surface area is 323 Å². The molecule has 8 heteroatoms. The van der Waals surface area contributed by atoms with Gasteiger partial charge < -0.3 is 14.9 Å². The summed E-state index contributed by atoms with van der Waals surface area (Å²) in [7, 11) is 2.06. The van der Waals surface area contributed by atoms with E-state index in [0.717, 1.165) is 62.5 Å². The van der Waals surface area contributed by atoms with Gasteiger partial charge in [0, 0.05) is 35.4 Å². The van der Waals surface area contributed by atoms with Crippen LogP contribution in [0.25, 0.3) is 0 Å². The molecule has 0 saturated heterocycles. The van der Waals surface area contributed by atoms with Crippen molar-refractivity contribution in [3.63, 3.8) is 0 Å². The third-order valence-electron chi connectivity index (χ3n) is 16.4. The predicted octanol–water partition coefficient (Wildman–Crippen LogP) is 9.53. The fourth-order valence-electron chi connectivity index (χ4n) is 13.3. The molecular weight excluding hydrogens is 686 g/mol. The van der Waals surface area contributed by atoms with Crippen molar-refractivity contribution in [2.24, 2.45) is 56.2 Å². The van der Waals surface area contributed by atoms with Crippen LogP contribution in [0.3, 0.4) is 0 Å². The Morgan fingerprint density at radius 1 is 0.943 bits per heavy atom. The van der Waals surface area contributed by atoms with E-state index in [9.17, 15) is 24.6 Å². The minimum atomic E-state index is -1.17. The lowest BCUT2D eigenvalue weighted by molar-refractivity contribution is -0.235. The molecule has 0 spiro atoms. The molecular formula is C45H66ClNO6. The van der Waals surface area contributed by atoms with Crippen LogP contribution in [0.15, 0.2) is 35.4 Å². The first-order chi connectivity index (χ1) is 24.5. The summed E-state index contributed by atoms with van der Waals surface area (Å²) < 4.78 is 6.17. The van der Waals surface area contributed by atoms with Crippen LogP contribution in [-0.4, -0.2) is 58.6 Å². The molecule has 7 nitrogen and oxygen atoms in total. The minimum Gasteiger partial charge on any atom is -0.481 e. The monoisotopic (exact) mass is 751 g/mol. The van der Waals surface area contributed by atoms with Crippen LogP contribution in [-0.2, 0) is 25.7 Å². The number of nitrogens with zero attached hydrogens (tertiary/aromatic N) is 1. The van der Waals surface area contributed by atoms with Gasteiger partial charge in [0.1, 0.15) is 6.10 Å². The molecule has 6 rings (SSSR count). The maximum atomic E-state index is 14.1. The summed E-state index contributed by atoms with van der Waals surface area (Å²) in [6, 6.07) is 7.89. The number of aliphatic carboxylic acids is 1. The van der Waals surface area contributed by atoms with Crippen molar-refractivity contribution in [2.45, 2.75) is 145 Å². The molecule has 0 heterocycles. The Morgan fingerprint density at radius 3 is 2.23 bits per heavy atom. The van der Waals surface area contributed by atoms with Crippen LogP contribution in [0.2, 0.25) is 5.02 Å². The summed E-state index contributed by atoms with van der Waals surface area (Å²) in [5.74, 6) is 0.0429. The van der Waals surface area contributed by atoms with Crippen LogP contribution < -0.4 is 0 Å². The third-order valence-corrected chi connectivity index (χ3v) is 16.6. The zero-order valence-electron chi connectivity index (χ0n) is 34.1. The molecule has 4 saturated carbocycles. The lowest BCUT2D eigenvalue weighted by Crippen LogP contribution is -2.66. The fourth-order valence-corrected chi connectivity index (χ4v) is 13.5. The molecule has 0 aliphatic heterocycles. The number of rotatable bonds is 10. The van der Waals surface area contributed by atoms with Gasteiger partial charge in [-0.3, -0.25) is 19.3 Å². The van der Waals surface area contributed by atoms with E-state index in [4.69, 9.17) is 16.3 Å². The molecule has 0 radical (unpaired) electrons. The highest BCUT2D eigenvalue weighted by atomic mass is 35.5. The van der Waals surface area contributed by atoms with E-state index in [2.05, 4.69) is 60.4 Å². The molecule has 2 N–H and O–H groups in total. The number of hydrogen-bond acceptors (Lipinski definition) is 6. The average molecular weight is 752 g/mol. The molecule has 0 bridgehead atoms. The van der Waals surface area contributed by atoms with Gasteiger partial charge in [-0.1, -0.05) is 77.8 Å². The van der Waals surface area contributed by atoms with E-state index >= 15 is 0 Å². The summed E-state index contributed by atoms with van der Waals surface area (Å²) in [6.45, 7) is 20.9. The van der Waals surface area contributed by atoms with Gasteiger partial charge >= 0.3 is 11.9 Å². The Hall–Kier alpha value is -2.22. The van der Waals surface area contributed by atoms with Crippen LogP contribution >= 0.6 is 11.6 Å². The van der Waals surface area contributed by atoms with Gasteiger partial charge in [0.05, 0.1) is 17.9 Å². The van der Waals surface area contributed by atoms with E-state index in [1.165, 1.54) is 5.57 Å². The van der Waals surface area contributed by atoms with E-state index < -0.39 is 28.9 Å². The van der Waals surface area contributed by atoms with Crippen molar-refractivity contribution < 1.29 is 29.3 Å². The fraction of sp³-hybridized carbons (Fsp3) is 0.756. The summed E-state index contributed by atoms with van der Waals surface area (Å²) >= 11 is 6.15. The molecule has 294 valence electrons. The smallest absolute Gasteiger partial charge is 0.309 e. The normalized spacial score (nSPS) is 37.1. The molecule has 4 fully saturated rings. The highest BCUT2D eigenvalue weighted by Crippen LogP contribution is 2.77. The second-order valence-electron chi connectivity index (χ2n) is 20.4. The van der Waals surface area contributed by atoms with Crippen molar-refractivity contribution in [3.05, 3.63) is 46.0 Å². The van der Waals surface area contributed by atoms with Gasteiger partial charge in [0.2, 0.25) is 0 Å². The van der Waals surface area contributed by atoms with E-state index in [0.29, 0.717) is 36.4 Å². The molecule has 1 aromatic carbocycles. The average Bonchev–Trinajstić information content (AvgIpc) is 3.37. The molecule has 0 amide bonds. The number of aliphatic hydroxyl groups excluding tert-OH is 1. The lowest BCUT2D eigenvalue weighted by Gasteiger charge is -2.72. The standard InChI is InChI=1S/C45H66ClNO6/c1-27(2)37-31(48)23-45(34(49)26-47(10)25-28-11-13-29(46)14-12-28)22-21-43(8)30(38(37)45)15-16-33-42(7)19-18-35(53-36(50)24-40(3,4)39(51)52)41(5,6)32(42)17-20-44(33,43)9/h11-14,27,30,32-35,49H,15-26H2,1-10H3,(H,51,52)/t30-,32?,33-,34-,35+,42+,43-,44-,45+/m1/s1. The number of ketones is 1. The maximum Gasteiger partial charge on any atom is 0.309 e. The van der Waals surface area contributed by atoms with Gasteiger partial charge in [-0.05, 0) is 135 Å². The quantitative estimate of drug-likeness (QED) is 0.230. The first-order valence-electron chi connectivity index (χ1n) is 20.4. The number of carboxylic acids is 1. The second-order valence-corrected chi connectivity index (χ2v) is 20.8. The molecule has 9 atom stereocenters. The summed E-state index contributed by atoms with van der Waals surface area (Å²) in [4.78, 5) is 41.2. The molecule has 5 aliphatic carbocycles. The third kappa shape index (κ3) is 6.45. The molecule has 0 aromatic heterocycles. The number of hydrogen-bond donors (Lipinski definition) is 2. The highest BCUT2D eigenvalue weighted by molar-refractivity contribution is 6.30. The van der Waals surface area contributed by atoms with E-state index in [1.54, 1.807) is 13.8 Å². The number of carbonyl (C=O) groups is 3. The van der Waals surface area contributed by atoms with Crippen LogP contribution in [0.1, 0.15) is 132 Å². The number of esters is 1. The van der Waals surface area contributed by atoms with Crippen LogP contribution in [0.5, 0.6) is 0 Å². The van der Waals surface area contributed by atoms with E-state index in [-0.39, 0.29) is 51.8 Å². The van der Waals surface area contributed by atoms with Crippen molar-refractivity contribution >= 4 is 29.3 Å². The molecule has 5 aliphatic rings. The van der Waals surface area contributed by atoms with Crippen LogP contribution in [0.4, 0.5) is 0 Å². The number of benzene rings is 1. The number of carboxylic acid groups (broad SMARTS) is 1. The topological polar surface area (TPSA) is 104 Å². The molecule has 53 heavy (non-hydrogen) atoms. The number of carbonyl (C=O) groups excluding carboxylic acids is 2. The number of aliphatic hydroxyl groups is 1. The van der Waals surface area contributed by atoms with Crippen molar-refractivity contribution in [1.82, 2.24) is 4.90 Å². The van der Waals surface area contributed by atoms with Crippen molar-refractivity contribution in [2.75, 3.05) is 13.6 Å². The first kappa shape index (κ1) is 40.4. The zero-order valence-corrected chi connectivity index (χ0v) is 34.9.